The van der Waals surface area contributed by atoms with E-state index >= 15 is 0 Å². The highest BCUT2D eigenvalue weighted by Crippen LogP contribution is 2.27. The molecule has 0 aromatic heterocycles. The highest BCUT2D eigenvalue weighted by molar-refractivity contribution is 5.99. The molecule has 0 aliphatic heterocycles. The Kier molecular flexibility index (Phi) is 2.39. The van der Waals surface area contributed by atoms with Crippen molar-refractivity contribution in [2.24, 2.45) is 0 Å². The third kappa shape index (κ3) is 1.96. The van der Waals surface area contributed by atoms with Crippen molar-refractivity contribution < 1.29 is 4.79 Å². The molecule has 15 heavy (non-hydrogen) atoms. The second-order valence-corrected chi connectivity index (χ2v) is 4.24. The van der Waals surface area contributed by atoms with E-state index in [1.807, 2.05) is 32.2 Å². The van der Waals surface area contributed by atoms with Crippen LogP contribution in [-0.4, -0.2) is 23.9 Å². The number of carbonyl (C=O) groups excluding carboxylic acids is 1. The van der Waals surface area contributed by atoms with Crippen LogP contribution in [0.4, 0.5) is 5.69 Å². The van der Waals surface area contributed by atoms with E-state index < -0.39 is 0 Å². The van der Waals surface area contributed by atoms with Crippen molar-refractivity contribution in [1.82, 2.24) is 4.90 Å². The molecule has 3 heteroatoms. The summed E-state index contributed by atoms with van der Waals surface area (Å²) in [5.74, 6) is 0.0370. The summed E-state index contributed by atoms with van der Waals surface area (Å²) < 4.78 is 0. The molecular formula is C12H16N2O. The van der Waals surface area contributed by atoms with Gasteiger partial charge in [-0.05, 0) is 37.5 Å². The number of hydrogen-bond acceptors (Lipinski definition) is 2. The zero-order valence-electron chi connectivity index (χ0n) is 9.16. The summed E-state index contributed by atoms with van der Waals surface area (Å²) in [4.78, 5) is 13.8. The largest absolute Gasteiger partial charge is 0.398 e. The van der Waals surface area contributed by atoms with Crippen LogP contribution in [0.3, 0.4) is 0 Å². The molecule has 0 unspecified atom stereocenters. The van der Waals surface area contributed by atoms with E-state index in [0.717, 1.165) is 18.4 Å². The fraction of sp³-hybridized carbons (Fsp3) is 0.417. The van der Waals surface area contributed by atoms with E-state index in [9.17, 15) is 4.79 Å². The average Bonchev–Trinajstić information content (AvgIpc) is 2.99. The number of hydrogen-bond donors (Lipinski definition) is 1. The molecule has 2 rings (SSSR count). The molecule has 0 atom stereocenters. The average molecular weight is 204 g/mol. The van der Waals surface area contributed by atoms with Crippen molar-refractivity contribution in [3.63, 3.8) is 0 Å². The number of nitrogens with zero attached hydrogens (tertiary/aromatic N) is 1. The zero-order valence-corrected chi connectivity index (χ0v) is 9.16. The molecule has 0 spiro atoms. The first-order valence-corrected chi connectivity index (χ1v) is 5.23. The van der Waals surface area contributed by atoms with Gasteiger partial charge >= 0.3 is 0 Å². The molecule has 1 amide bonds. The molecule has 3 nitrogen and oxygen atoms in total. The summed E-state index contributed by atoms with van der Waals surface area (Å²) in [7, 11) is 1.85. The molecule has 80 valence electrons. The van der Waals surface area contributed by atoms with Crippen molar-refractivity contribution >= 4 is 11.6 Å². The lowest BCUT2D eigenvalue weighted by molar-refractivity contribution is 0.0786. The minimum Gasteiger partial charge on any atom is -0.398 e. The summed E-state index contributed by atoms with van der Waals surface area (Å²) in [6.45, 7) is 1.97. The smallest absolute Gasteiger partial charge is 0.255 e. The van der Waals surface area contributed by atoms with Crippen molar-refractivity contribution in [2.45, 2.75) is 25.8 Å². The van der Waals surface area contributed by atoms with Gasteiger partial charge in [-0.2, -0.15) is 0 Å². The first-order chi connectivity index (χ1) is 7.09. The molecule has 0 radical (unpaired) electrons. The molecule has 1 fully saturated rings. The van der Waals surface area contributed by atoms with Gasteiger partial charge in [-0.1, -0.05) is 6.07 Å². The number of nitrogen functional groups attached to an aromatic ring is 1. The molecule has 1 saturated carbocycles. The summed E-state index contributed by atoms with van der Waals surface area (Å²) >= 11 is 0. The van der Waals surface area contributed by atoms with Crippen LogP contribution in [0.5, 0.6) is 0 Å². The van der Waals surface area contributed by atoms with E-state index in [0.29, 0.717) is 17.3 Å². The van der Waals surface area contributed by atoms with Gasteiger partial charge < -0.3 is 10.6 Å². The normalized spacial score (nSPS) is 15.1. The van der Waals surface area contributed by atoms with Crippen LogP contribution in [0, 0.1) is 6.92 Å². The Labute approximate surface area is 89.9 Å². The van der Waals surface area contributed by atoms with Crippen molar-refractivity contribution in [3.8, 4) is 0 Å². The van der Waals surface area contributed by atoms with Gasteiger partial charge in [-0.25, -0.2) is 0 Å². The maximum atomic E-state index is 12.0. The van der Waals surface area contributed by atoms with Gasteiger partial charge in [-0.15, -0.1) is 0 Å². The predicted molar refractivity (Wildman–Crippen MR) is 60.7 cm³/mol. The third-order valence-electron chi connectivity index (χ3n) is 2.85. The van der Waals surface area contributed by atoms with Gasteiger partial charge in [0, 0.05) is 18.8 Å². The Balaban J connectivity index is 2.24. The Bertz CT molecular complexity index is 397. The minimum absolute atomic E-state index is 0.0370. The molecule has 0 bridgehead atoms. The number of anilines is 1. The number of carbonyl (C=O) groups is 1. The van der Waals surface area contributed by atoms with Crippen LogP contribution in [0.15, 0.2) is 18.2 Å². The molecule has 2 N–H and O–H groups in total. The SMILES string of the molecule is Cc1ccc(C(=O)N(C)C2CC2)c(N)c1. The van der Waals surface area contributed by atoms with Crippen LogP contribution >= 0.6 is 0 Å². The first-order valence-electron chi connectivity index (χ1n) is 5.23. The maximum absolute atomic E-state index is 12.0. The fourth-order valence-electron chi connectivity index (χ4n) is 1.69. The highest BCUT2D eigenvalue weighted by atomic mass is 16.2. The van der Waals surface area contributed by atoms with Gasteiger partial charge in [0.25, 0.3) is 5.91 Å². The van der Waals surface area contributed by atoms with E-state index in [1.54, 1.807) is 4.90 Å². The maximum Gasteiger partial charge on any atom is 0.255 e. The molecule has 0 saturated heterocycles. The van der Waals surface area contributed by atoms with Crippen LogP contribution in [0.2, 0.25) is 0 Å². The molecule has 1 aromatic rings. The lowest BCUT2D eigenvalue weighted by Gasteiger charge is -2.17. The number of aryl methyl sites for hydroxylation is 1. The second kappa shape index (κ2) is 3.57. The Morgan fingerprint density at radius 2 is 2.13 bits per heavy atom. The van der Waals surface area contributed by atoms with Crippen LogP contribution in [0.25, 0.3) is 0 Å². The summed E-state index contributed by atoms with van der Waals surface area (Å²) in [6, 6.07) is 6.00. The first kappa shape index (κ1) is 10.0. The Hall–Kier alpha value is -1.51. The Morgan fingerprint density at radius 3 is 2.67 bits per heavy atom. The topological polar surface area (TPSA) is 46.3 Å². The third-order valence-corrected chi connectivity index (χ3v) is 2.85. The monoisotopic (exact) mass is 204 g/mol. The zero-order chi connectivity index (χ0) is 11.0. The van der Waals surface area contributed by atoms with E-state index in [-0.39, 0.29) is 5.91 Å². The predicted octanol–water partition coefficient (Wildman–Crippen LogP) is 1.81. The van der Waals surface area contributed by atoms with Crippen molar-refractivity contribution in [1.29, 1.82) is 0 Å². The van der Waals surface area contributed by atoms with Gasteiger partial charge in [0.2, 0.25) is 0 Å². The minimum atomic E-state index is 0.0370. The fourth-order valence-corrected chi connectivity index (χ4v) is 1.69. The van der Waals surface area contributed by atoms with Crippen LogP contribution in [-0.2, 0) is 0 Å². The molecule has 1 aromatic carbocycles. The summed E-state index contributed by atoms with van der Waals surface area (Å²) in [5.41, 5.74) is 8.11. The summed E-state index contributed by atoms with van der Waals surface area (Å²) in [6.07, 6.45) is 2.24. The van der Waals surface area contributed by atoms with E-state index in [1.165, 1.54) is 0 Å². The number of rotatable bonds is 2. The molecule has 1 aliphatic rings. The number of benzene rings is 1. The van der Waals surface area contributed by atoms with Crippen LogP contribution in [0.1, 0.15) is 28.8 Å². The van der Waals surface area contributed by atoms with Gasteiger partial charge in [0.05, 0.1) is 5.56 Å². The lowest BCUT2D eigenvalue weighted by Crippen LogP contribution is -2.29. The quantitative estimate of drug-likeness (QED) is 0.747. The van der Waals surface area contributed by atoms with Gasteiger partial charge in [0.15, 0.2) is 0 Å². The van der Waals surface area contributed by atoms with E-state index in [4.69, 9.17) is 5.73 Å². The second-order valence-electron chi connectivity index (χ2n) is 4.24. The van der Waals surface area contributed by atoms with Gasteiger partial charge in [-0.3, -0.25) is 4.79 Å². The lowest BCUT2D eigenvalue weighted by atomic mass is 10.1. The number of amides is 1. The number of nitrogens with two attached hydrogens (primary N) is 1. The molecule has 0 heterocycles. The highest BCUT2D eigenvalue weighted by Gasteiger charge is 2.30. The summed E-state index contributed by atoms with van der Waals surface area (Å²) in [5, 5.41) is 0. The standard InChI is InChI=1S/C12H16N2O/c1-8-3-6-10(11(13)7-8)12(15)14(2)9-4-5-9/h3,6-7,9H,4-5,13H2,1-2H3. The van der Waals surface area contributed by atoms with Crippen molar-refractivity contribution in [3.05, 3.63) is 29.3 Å². The van der Waals surface area contributed by atoms with Crippen LogP contribution < -0.4 is 5.73 Å². The Morgan fingerprint density at radius 1 is 1.47 bits per heavy atom. The molecular weight excluding hydrogens is 188 g/mol. The van der Waals surface area contributed by atoms with E-state index in [2.05, 4.69) is 0 Å². The van der Waals surface area contributed by atoms with Gasteiger partial charge in [0.1, 0.15) is 0 Å². The molecule has 1 aliphatic carbocycles. The van der Waals surface area contributed by atoms with Crippen molar-refractivity contribution in [2.75, 3.05) is 12.8 Å².